The minimum atomic E-state index is -0.0661. The number of hydrogen-bond donors (Lipinski definition) is 1. The average Bonchev–Trinajstić information content (AvgIpc) is 3.42. The Labute approximate surface area is 185 Å². The van der Waals surface area contributed by atoms with Gasteiger partial charge in [0.15, 0.2) is 11.0 Å². The minimum Gasteiger partial charge on any atom is -0.351 e. The molecule has 1 aliphatic rings. The molecule has 30 heavy (non-hydrogen) atoms. The highest BCUT2D eigenvalue weighted by Crippen LogP contribution is 2.24. The van der Waals surface area contributed by atoms with Gasteiger partial charge in [-0.25, -0.2) is 0 Å². The van der Waals surface area contributed by atoms with Gasteiger partial charge in [0.1, 0.15) is 0 Å². The van der Waals surface area contributed by atoms with Crippen LogP contribution in [-0.4, -0.2) is 44.4 Å². The van der Waals surface area contributed by atoms with Crippen molar-refractivity contribution in [3.05, 3.63) is 71.0 Å². The van der Waals surface area contributed by atoms with Gasteiger partial charge in [0.25, 0.3) is 0 Å². The van der Waals surface area contributed by atoms with Crippen molar-refractivity contribution >= 4 is 29.3 Å². The van der Waals surface area contributed by atoms with Gasteiger partial charge in [-0.15, -0.1) is 10.2 Å². The molecule has 4 rings (SSSR count). The molecule has 3 aromatic rings. The number of carbonyl (C=O) groups is 1. The second-order valence-corrected chi connectivity index (χ2v) is 8.56. The quantitative estimate of drug-likeness (QED) is 0.537. The van der Waals surface area contributed by atoms with E-state index in [9.17, 15) is 4.79 Å². The summed E-state index contributed by atoms with van der Waals surface area (Å²) in [5.41, 5.74) is 1.91. The maximum Gasteiger partial charge on any atom is 0.230 e. The Kier molecular flexibility index (Phi) is 7.04. The van der Waals surface area contributed by atoms with Gasteiger partial charge >= 0.3 is 0 Å². The standard InChI is InChI=1S/C22H24ClN5OS/c23-19-11-5-4-8-17(19)14-24-21(29)16-30-22-26-25-20(15-27-12-6-7-13-27)28(22)18-9-2-1-3-10-18/h1-5,8-11H,6-7,12-16H2,(H,24,29). The smallest absolute Gasteiger partial charge is 0.230 e. The zero-order valence-electron chi connectivity index (χ0n) is 16.6. The van der Waals surface area contributed by atoms with E-state index in [2.05, 4.69) is 25.0 Å². The molecule has 0 unspecified atom stereocenters. The second-order valence-electron chi connectivity index (χ2n) is 7.21. The second kappa shape index (κ2) is 10.1. The van der Waals surface area contributed by atoms with Crippen LogP contribution in [0.5, 0.6) is 0 Å². The molecule has 0 radical (unpaired) electrons. The van der Waals surface area contributed by atoms with Crippen molar-refractivity contribution < 1.29 is 4.79 Å². The third-order valence-corrected chi connectivity index (χ3v) is 6.34. The van der Waals surface area contributed by atoms with Crippen LogP contribution in [0.3, 0.4) is 0 Å². The van der Waals surface area contributed by atoms with Crippen LogP contribution in [0.25, 0.3) is 5.69 Å². The van der Waals surface area contributed by atoms with Gasteiger partial charge in [-0.1, -0.05) is 59.8 Å². The van der Waals surface area contributed by atoms with E-state index in [-0.39, 0.29) is 11.7 Å². The Bertz CT molecular complexity index is 988. The van der Waals surface area contributed by atoms with Gasteiger partial charge in [0.05, 0.1) is 12.3 Å². The van der Waals surface area contributed by atoms with Crippen LogP contribution in [0.15, 0.2) is 59.8 Å². The summed E-state index contributed by atoms with van der Waals surface area (Å²) in [6, 6.07) is 17.6. The molecular weight excluding hydrogens is 418 g/mol. The van der Waals surface area contributed by atoms with E-state index in [1.165, 1.54) is 24.6 Å². The molecular formula is C22H24ClN5OS. The van der Waals surface area contributed by atoms with E-state index in [1.807, 2.05) is 54.6 Å². The first-order valence-electron chi connectivity index (χ1n) is 10.1. The number of carbonyl (C=O) groups excluding carboxylic acids is 1. The molecule has 156 valence electrons. The van der Waals surface area contributed by atoms with Crippen molar-refractivity contribution in [1.82, 2.24) is 25.0 Å². The Morgan fingerprint density at radius 2 is 1.77 bits per heavy atom. The lowest BCUT2D eigenvalue weighted by Crippen LogP contribution is -2.25. The van der Waals surface area contributed by atoms with Crippen LogP contribution in [0, 0.1) is 0 Å². The maximum atomic E-state index is 12.4. The lowest BCUT2D eigenvalue weighted by atomic mass is 10.2. The van der Waals surface area contributed by atoms with Crippen LogP contribution >= 0.6 is 23.4 Å². The van der Waals surface area contributed by atoms with Crippen molar-refractivity contribution in [2.24, 2.45) is 0 Å². The first-order chi connectivity index (χ1) is 14.7. The number of halogens is 1. The van der Waals surface area contributed by atoms with E-state index in [0.29, 0.717) is 11.6 Å². The molecule has 1 N–H and O–H groups in total. The summed E-state index contributed by atoms with van der Waals surface area (Å²) in [6.45, 7) is 3.36. The Balaban J connectivity index is 1.43. The van der Waals surface area contributed by atoms with E-state index < -0.39 is 0 Å². The summed E-state index contributed by atoms with van der Waals surface area (Å²) in [5.74, 6) is 1.10. The zero-order valence-corrected chi connectivity index (χ0v) is 18.2. The van der Waals surface area contributed by atoms with Crippen molar-refractivity contribution in [1.29, 1.82) is 0 Å². The SMILES string of the molecule is O=C(CSc1nnc(CN2CCCC2)n1-c1ccccc1)NCc1ccccc1Cl. The maximum absolute atomic E-state index is 12.4. The van der Waals surface area contributed by atoms with Crippen LogP contribution in [0.1, 0.15) is 24.2 Å². The number of benzene rings is 2. The van der Waals surface area contributed by atoms with Crippen molar-refractivity contribution in [2.45, 2.75) is 31.1 Å². The fraction of sp³-hybridized carbons (Fsp3) is 0.318. The van der Waals surface area contributed by atoms with Crippen molar-refractivity contribution in [2.75, 3.05) is 18.8 Å². The van der Waals surface area contributed by atoms with Gasteiger partial charge in [-0.3, -0.25) is 14.3 Å². The van der Waals surface area contributed by atoms with Gasteiger partial charge < -0.3 is 5.32 Å². The Morgan fingerprint density at radius 1 is 1.03 bits per heavy atom. The molecule has 2 heterocycles. The molecule has 1 aromatic heterocycles. The molecule has 0 saturated carbocycles. The molecule has 1 amide bonds. The number of para-hydroxylation sites is 1. The molecule has 1 fully saturated rings. The van der Waals surface area contributed by atoms with Gasteiger partial charge in [0, 0.05) is 17.3 Å². The summed E-state index contributed by atoms with van der Waals surface area (Å²) in [4.78, 5) is 14.8. The van der Waals surface area contributed by atoms with Crippen LogP contribution < -0.4 is 5.32 Å². The topological polar surface area (TPSA) is 63.1 Å². The highest BCUT2D eigenvalue weighted by Gasteiger charge is 2.20. The molecule has 2 aromatic carbocycles. The predicted octanol–water partition coefficient (Wildman–Crippen LogP) is 3.93. The third-order valence-electron chi connectivity index (χ3n) is 5.04. The summed E-state index contributed by atoms with van der Waals surface area (Å²) in [5, 5.41) is 13.1. The summed E-state index contributed by atoms with van der Waals surface area (Å²) < 4.78 is 2.06. The van der Waals surface area contributed by atoms with E-state index >= 15 is 0 Å². The minimum absolute atomic E-state index is 0.0661. The number of thioether (sulfide) groups is 1. The van der Waals surface area contributed by atoms with Crippen LogP contribution in [0.2, 0.25) is 5.02 Å². The van der Waals surface area contributed by atoms with Crippen LogP contribution in [0.4, 0.5) is 0 Å². The van der Waals surface area contributed by atoms with Crippen LogP contribution in [-0.2, 0) is 17.9 Å². The monoisotopic (exact) mass is 441 g/mol. The Hall–Kier alpha value is -2.35. The normalized spacial score (nSPS) is 14.2. The van der Waals surface area contributed by atoms with Crippen molar-refractivity contribution in [3.63, 3.8) is 0 Å². The number of rotatable bonds is 8. The third kappa shape index (κ3) is 5.22. The molecule has 0 atom stereocenters. The first kappa shape index (κ1) is 20.9. The highest BCUT2D eigenvalue weighted by molar-refractivity contribution is 7.99. The number of nitrogens with one attached hydrogen (secondary N) is 1. The molecule has 1 saturated heterocycles. The number of hydrogen-bond acceptors (Lipinski definition) is 5. The van der Waals surface area contributed by atoms with Gasteiger partial charge in [-0.05, 0) is 49.7 Å². The summed E-state index contributed by atoms with van der Waals surface area (Å²) >= 11 is 7.55. The number of nitrogens with zero attached hydrogens (tertiary/aromatic N) is 4. The molecule has 0 spiro atoms. The number of likely N-dealkylation sites (tertiary alicyclic amines) is 1. The lowest BCUT2D eigenvalue weighted by molar-refractivity contribution is -0.118. The molecule has 1 aliphatic heterocycles. The molecule has 0 bridgehead atoms. The van der Waals surface area contributed by atoms with Crippen molar-refractivity contribution in [3.8, 4) is 5.69 Å². The summed E-state index contributed by atoms with van der Waals surface area (Å²) in [6.07, 6.45) is 2.46. The van der Waals surface area contributed by atoms with Gasteiger partial charge in [0.2, 0.25) is 5.91 Å². The van der Waals surface area contributed by atoms with E-state index in [1.54, 1.807) is 0 Å². The number of amides is 1. The summed E-state index contributed by atoms with van der Waals surface area (Å²) in [7, 11) is 0. The van der Waals surface area contributed by atoms with E-state index in [0.717, 1.165) is 41.9 Å². The average molecular weight is 442 g/mol. The Morgan fingerprint density at radius 3 is 2.53 bits per heavy atom. The fourth-order valence-corrected chi connectivity index (χ4v) is 4.49. The molecule has 8 heteroatoms. The van der Waals surface area contributed by atoms with Gasteiger partial charge in [-0.2, -0.15) is 0 Å². The first-order valence-corrected chi connectivity index (χ1v) is 11.4. The molecule has 0 aliphatic carbocycles. The predicted molar refractivity (Wildman–Crippen MR) is 120 cm³/mol. The zero-order chi connectivity index (χ0) is 20.8. The number of aromatic nitrogens is 3. The molecule has 6 nitrogen and oxygen atoms in total. The lowest BCUT2D eigenvalue weighted by Gasteiger charge is -2.16. The van der Waals surface area contributed by atoms with E-state index in [4.69, 9.17) is 11.6 Å². The highest BCUT2D eigenvalue weighted by atomic mass is 35.5. The fourth-order valence-electron chi connectivity index (χ4n) is 3.49. The largest absolute Gasteiger partial charge is 0.351 e.